The van der Waals surface area contributed by atoms with E-state index in [0.29, 0.717) is 19.5 Å². The van der Waals surface area contributed by atoms with E-state index in [-0.39, 0.29) is 17.3 Å². The van der Waals surface area contributed by atoms with Gasteiger partial charge in [0, 0.05) is 31.5 Å². The summed E-state index contributed by atoms with van der Waals surface area (Å²) in [6.45, 7) is 3.63. The molecule has 5 heteroatoms. The number of carbonyl (C=O) groups is 2. The van der Waals surface area contributed by atoms with Crippen LogP contribution in [0.1, 0.15) is 31.2 Å². The van der Waals surface area contributed by atoms with Crippen molar-refractivity contribution in [3.63, 3.8) is 0 Å². The number of hydrogen-bond donors (Lipinski definition) is 0. The second-order valence-electron chi connectivity index (χ2n) is 7.13. The standard InChI is InChI=1S/C19H26N2O3/c1-24-18(23)13-20-11-5-9-19(14-20)10-8-17(22)21(15-19)12-16-6-3-2-4-7-16/h2-4,6-7H,5,8-15H2,1H3/t19-/m0/s1. The van der Waals surface area contributed by atoms with Gasteiger partial charge in [-0.3, -0.25) is 14.5 Å². The lowest BCUT2D eigenvalue weighted by Gasteiger charge is -2.48. The zero-order chi connectivity index (χ0) is 17.0. The van der Waals surface area contributed by atoms with E-state index in [1.54, 1.807) is 0 Å². The van der Waals surface area contributed by atoms with Crippen LogP contribution in [0.15, 0.2) is 30.3 Å². The molecule has 130 valence electrons. The SMILES string of the molecule is COC(=O)CN1CCC[C@]2(CCC(=O)N(Cc3ccccc3)C2)C1. The summed E-state index contributed by atoms with van der Waals surface area (Å²) >= 11 is 0. The van der Waals surface area contributed by atoms with Crippen LogP contribution in [0.3, 0.4) is 0 Å². The Hall–Kier alpha value is -1.88. The molecule has 0 unspecified atom stereocenters. The van der Waals surface area contributed by atoms with E-state index < -0.39 is 0 Å². The summed E-state index contributed by atoms with van der Waals surface area (Å²) in [6, 6.07) is 10.2. The minimum atomic E-state index is -0.180. The van der Waals surface area contributed by atoms with Crippen molar-refractivity contribution >= 4 is 11.9 Å². The number of likely N-dealkylation sites (tertiary alicyclic amines) is 2. The molecule has 2 aliphatic rings. The van der Waals surface area contributed by atoms with Crippen molar-refractivity contribution in [2.24, 2.45) is 5.41 Å². The van der Waals surface area contributed by atoms with Gasteiger partial charge in [-0.25, -0.2) is 0 Å². The van der Waals surface area contributed by atoms with Gasteiger partial charge in [-0.15, -0.1) is 0 Å². The lowest BCUT2D eigenvalue weighted by atomic mass is 9.73. The van der Waals surface area contributed by atoms with Gasteiger partial charge < -0.3 is 9.64 Å². The Balaban J connectivity index is 1.67. The monoisotopic (exact) mass is 330 g/mol. The van der Waals surface area contributed by atoms with E-state index >= 15 is 0 Å². The number of ether oxygens (including phenoxy) is 1. The van der Waals surface area contributed by atoms with E-state index in [0.717, 1.165) is 38.9 Å². The van der Waals surface area contributed by atoms with Gasteiger partial charge in [0.2, 0.25) is 5.91 Å². The first-order valence-corrected chi connectivity index (χ1v) is 8.71. The number of benzene rings is 1. The third-order valence-electron chi connectivity index (χ3n) is 5.29. The van der Waals surface area contributed by atoms with Crippen LogP contribution in [0.4, 0.5) is 0 Å². The number of hydrogen-bond acceptors (Lipinski definition) is 4. The highest BCUT2D eigenvalue weighted by atomic mass is 16.5. The molecule has 0 bridgehead atoms. The van der Waals surface area contributed by atoms with Crippen LogP contribution in [0, 0.1) is 5.41 Å². The van der Waals surface area contributed by atoms with Crippen LogP contribution in [-0.4, -0.2) is 55.0 Å². The zero-order valence-electron chi connectivity index (χ0n) is 14.4. The average Bonchev–Trinajstić information content (AvgIpc) is 2.59. The number of amides is 1. The molecular weight excluding hydrogens is 304 g/mol. The highest BCUT2D eigenvalue weighted by Gasteiger charge is 2.41. The summed E-state index contributed by atoms with van der Waals surface area (Å²) in [4.78, 5) is 28.1. The average molecular weight is 330 g/mol. The van der Waals surface area contributed by atoms with Crippen LogP contribution in [0.2, 0.25) is 0 Å². The second-order valence-corrected chi connectivity index (χ2v) is 7.13. The number of rotatable bonds is 4. The summed E-state index contributed by atoms with van der Waals surface area (Å²) < 4.78 is 4.80. The normalized spacial score (nSPS) is 25.0. The molecule has 1 aromatic rings. The summed E-state index contributed by atoms with van der Waals surface area (Å²) in [6.07, 6.45) is 3.74. The van der Waals surface area contributed by atoms with Crippen LogP contribution >= 0.6 is 0 Å². The molecule has 0 aliphatic carbocycles. The maximum atomic E-state index is 12.4. The molecule has 24 heavy (non-hydrogen) atoms. The highest BCUT2D eigenvalue weighted by molar-refractivity contribution is 5.77. The van der Waals surface area contributed by atoms with Gasteiger partial charge in [0.05, 0.1) is 13.7 Å². The molecule has 3 rings (SSSR count). The topological polar surface area (TPSA) is 49.9 Å². The molecule has 2 saturated heterocycles. The highest BCUT2D eigenvalue weighted by Crippen LogP contribution is 2.39. The maximum absolute atomic E-state index is 12.4. The molecule has 0 saturated carbocycles. The summed E-state index contributed by atoms with van der Waals surface area (Å²) in [5.41, 5.74) is 1.29. The fourth-order valence-corrected chi connectivity index (χ4v) is 4.08. The number of nitrogens with zero attached hydrogens (tertiary/aromatic N) is 2. The lowest BCUT2D eigenvalue weighted by Crippen LogP contribution is -2.54. The van der Waals surface area contributed by atoms with Gasteiger partial charge in [-0.2, -0.15) is 0 Å². The Kier molecular flexibility index (Phi) is 5.19. The third kappa shape index (κ3) is 3.96. The van der Waals surface area contributed by atoms with Crippen LogP contribution in [-0.2, 0) is 20.9 Å². The zero-order valence-corrected chi connectivity index (χ0v) is 14.4. The summed E-state index contributed by atoms with van der Waals surface area (Å²) in [5.74, 6) is 0.0645. The maximum Gasteiger partial charge on any atom is 0.319 e. The molecule has 0 radical (unpaired) electrons. The quantitative estimate of drug-likeness (QED) is 0.793. The molecule has 2 fully saturated rings. The van der Waals surface area contributed by atoms with Crippen LogP contribution in [0.25, 0.3) is 0 Å². The third-order valence-corrected chi connectivity index (χ3v) is 5.29. The molecular formula is C19H26N2O3. The fraction of sp³-hybridized carbons (Fsp3) is 0.579. The number of carbonyl (C=O) groups excluding carboxylic acids is 2. The van der Waals surface area contributed by atoms with Gasteiger partial charge in [0.25, 0.3) is 0 Å². The molecule has 5 nitrogen and oxygen atoms in total. The number of piperidine rings is 2. The Morgan fingerprint density at radius 1 is 1.21 bits per heavy atom. The Bertz CT molecular complexity index is 590. The first-order valence-electron chi connectivity index (χ1n) is 8.71. The molecule has 1 spiro atoms. The van der Waals surface area contributed by atoms with Gasteiger partial charge in [-0.1, -0.05) is 30.3 Å². The van der Waals surface area contributed by atoms with Crippen molar-refractivity contribution in [2.45, 2.75) is 32.2 Å². The van der Waals surface area contributed by atoms with E-state index in [1.807, 2.05) is 23.1 Å². The predicted octanol–water partition coefficient (Wildman–Crippen LogP) is 2.06. The van der Waals surface area contributed by atoms with Crippen LogP contribution in [0.5, 0.6) is 0 Å². The van der Waals surface area contributed by atoms with E-state index in [1.165, 1.54) is 12.7 Å². The summed E-state index contributed by atoms with van der Waals surface area (Å²) in [5, 5.41) is 0. The van der Waals surface area contributed by atoms with Gasteiger partial charge in [0.1, 0.15) is 0 Å². The Morgan fingerprint density at radius 3 is 2.75 bits per heavy atom. The molecule has 0 N–H and O–H groups in total. The molecule has 1 aromatic carbocycles. The Labute approximate surface area is 143 Å². The minimum Gasteiger partial charge on any atom is -0.468 e. The molecule has 2 aliphatic heterocycles. The minimum absolute atomic E-state index is 0.120. The fourth-order valence-electron chi connectivity index (χ4n) is 4.08. The molecule has 2 heterocycles. The smallest absolute Gasteiger partial charge is 0.319 e. The van der Waals surface area contributed by atoms with Crippen molar-refractivity contribution in [1.29, 1.82) is 0 Å². The lowest BCUT2D eigenvalue weighted by molar-refractivity contribution is -0.146. The van der Waals surface area contributed by atoms with Gasteiger partial charge >= 0.3 is 5.97 Å². The van der Waals surface area contributed by atoms with E-state index in [9.17, 15) is 9.59 Å². The second kappa shape index (κ2) is 7.34. The number of esters is 1. The van der Waals surface area contributed by atoms with Gasteiger partial charge in [0.15, 0.2) is 0 Å². The molecule has 1 amide bonds. The Morgan fingerprint density at radius 2 is 2.00 bits per heavy atom. The van der Waals surface area contributed by atoms with Crippen molar-refractivity contribution in [1.82, 2.24) is 9.80 Å². The molecule has 0 aromatic heterocycles. The van der Waals surface area contributed by atoms with Crippen molar-refractivity contribution < 1.29 is 14.3 Å². The van der Waals surface area contributed by atoms with Crippen LogP contribution < -0.4 is 0 Å². The summed E-state index contributed by atoms with van der Waals surface area (Å²) in [7, 11) is 1.43. The number of methoxy groups -OCH3 is 1. The van der Waals surface area contributed by atoms with Crippen molar-refractivity contribution in [2.75, 3.05) is 33.3 Å². The first kappa shape index (κ1) is 17.0. The first-order chi connectivity index (χ1) is 11.6. The van der Waals surface area contributed by atoms with E-state index in [2.05, 4.69) is 17.0 Å². The molecule has 1 atom stereocenters. The largest absolute Gasteiger partial charge is 0.468 e. The van der Waals surface area contributed by atoms with E-state index in [4.69, 9.17) is 4.74 Å². The van der Waals surface area contributed by atoms with Gasteiger partial charge in [-0.05, 0) is 31.4 Å². The predicted molar refractivity (Wildman–Crippen MR) is 91.2 cm³/mol. The van der Waals surface area contributed by atoms with Crippen molar-refractivity contribution in [3.8, 4) is 0 Å². The van der Waals surface area contributed by atoms with Crippen molar-refractivity contribution in [3.05, 3.63) is 35.9 Å².